The fourth-order valence-corrected chi connectivity index (χ4v) is 3.84. The standard InChI is InChI=1S/C24H27FN4O5/c1-27-9-11-28(12-10-27)8-3-13-33-24-16-20-18(15-23(24)32-2)21(6-7-26-20)34-22-5-4-17(29(30)31)14-19(22)25/h4-7,14-16H,3,8-13H2,1-2H3. The van der Waals surface area contributed by atoms with Crippen LogP contribution in [0.1, 0.15) is 6.42 Å². The summed E-state index contributed by atoms with van der Waals surface area (Å²) in [6.07, 6.45) is 2.44. The Bertz CT molecular complexity index is 1170. The molecule has 1 aliphatic rings. The fraction of sp³-hybridized carbons (Fsp3) is 0.375. The molecule has 10 heteroatoms. The van der Waals surface area contributed by atoms with Gasteiger partial charge in [0.2, 0.25) is 0 Å². The number of hydrogen-bond acceptors (Lipinski definition) is 8. The number of ether oxygens (including phenoxy) is 3. The average molecular weight is 471 g/mol. The van der Waals surface area contributed by atoms with E-state index in [1.54, 1.807) is 31.5 Å². The molecule has 0 aliphatic carbocycles. The van der Waals surface area contributed by atoms with Crippen molar-refractivity contribution in [3.63, 3.8) is 0 Å². The van der Waals surface area contributed by atoms with E-state index in [0.29, 0.717) is 34.8 Å². The van der Waals surface area contributed by atoms with E-state index in [1.807, 2.05) is 0 Å². The number of pyridine rings is 1. The number of fused-ring (bicyclic) bond motifs is 1. The Morgan fingerprint density at radius 2 is 1.85 bits per heavy atom. The third-order valence-electron chi connectivity index (χ3n) is 5.81. The Morgan fingerprint density at radius 3 is 2.56 bits per heavy atom. The summed E-state index contributed by atoms with van der Waals surface area (Å²) in [5.41, 5.74) is 0.246. The number of likely N-dealkylation sites (N-methyl/N-ethyl adjacent to an activating group) is 1. The van der Waals surface area contributed by atoms with Gasteiger partial charge in [0.15, 0.2) is 23.1 Å². The highest BCUT2D eigenvalue weighted by Crippen LogP contribution is 2.38. The van der Waals surface area contributed by atoms with Crippen molar-refractivity contribution in [1.29, 1.82) is 0 Å². The van der Waals surface area contributed by atoms with Crippen molar-refractivity contribution in [1.82, 2.24) is 14.8 Å². The number of nitro benzene ring substituents is 1. The third kappa shape index (κ3) is 5.52. The molecule has 0 unspecified atom stereocenters. The molecular weight excluding hydrogens is 443 g/mol. The van der Waals surface area contributed by atoms with Gasteiger partial charge in [0.1, 0.15) is 5.75 Å². The summed E-state index contributed by atoms with van der Waals surface area (Å²) in [5, 5.41) is 11.4. The quantitative estimate of drug-likeness (QED) is 0.262. The number of aromatic nitrogens is 1. The van der Waals surface area contributed by atoms with E-state index in [1.165, 1.54) is 12.1 Å². The van der Waals surface area contributed by atoms with Gasteiger partial charge in [0.25, 0.3) is 5.69 Å². The van der Waals surface area contributed by atoms with Gasteiger partial charge in [-0.3, -0.25) is 15.1 Å². The van der Waals surface area contributed by atoms with Crippen molar-refractivity contribution in [2.75, 3.05) is 53.5 Å². The van der Waals surface area contributed by atoms with E-state index in [4.69, 9.17) is 14.2 Å². The zero-order valence-electron chi connectivity index (χ0n) is 19.2. The second-order valence-electron chi connectivity index (χ2n) is 8.15. The summed E-state index contributed by atoms with van der Waals surface area (Å²) in [6.45, 7) is 5.81. The minimum absolute atomic E-state index is 0.124. The van der Waals surface area contributed by atoms with Gasteiger partial charge in [0, 0.05) is 56.4 Å². The second kappa shape index (κ2) is 10.6. The highest BCUT2D eigenvalue weighted by atomic mass is 19.1. The van der Waals surface area contributed by atoms with Crippen LogP contribution in [0.25, 0.3) is 10.9 Å². The van der Waals surface area contributed by atoms with Gasteiger partial charge in [-0.25, -0.2) is 4.39 Å². The first-order valence-corrected chi connectivity index (χ1v) is 11.1. The molecule has 1 aromatic heterocycles. The largest absolute Gasteiger partial charge is 0.493 e. The number of nitro groups is 1. The van der Waals surface area contributed by atoms with Gasteiger partial charge in [-0.05, 0) is 31.7 Å². The summed E-state index contributed by atoms with van der Waals surface area (Å²) in [6, 6.07) is 8.34. The molecule has 0 spiro atoms. The first-order valence-electron chi connectivity index (χ1n) is 11.1. The lowest BCUT2D eigenvalue weighted by atomic mass is 10.1. The zero-order chi connectivity index (χ0) is 24.1. The predicted octanol–water partition coefficient (Wildman–Crippen LogP) is 4.10. The summed E-state index contributed by atoms with van der Waals surface area (Å²) < 4.78 is 31.6. The minimum Gasteiger partial charge on any atom is -0.493 e. The van der Waals surface area contributed by atoms with Crippen molar-refractivity contribution < 1.29 is 23.5 Å². The number of non-ortho nitro benzene ring substituents is 1. The second-order valence-corrected chi connectivity index (χ2v) is 8.15. The lowest BCUT2D eigenvalue weighted by Crippen LogP contribution is -2.44. The molecule has 1 saturated heterocycles. The first kappa shape index (κ1) is 23.7. The lowest BCUT2D eigenvalue weighted by molar-refractivity contribution is -0.385. The molecule has 0 radical (unpaired) electrons. The fourth-order valence-electron chi connectivity index (χ4n) is 3.84. The van der Waals surface area contributed by atoms with Crippen LogP contribution < -0.4 is 14.2 Å². The first-order chi connectivity index (χ1) is 16.4. The summed E-state index contributed by atoms with van der Waals surface area (Å²) in [5.74, 6) is 0.471. The van der Waals surface area contributed by atoms with Gasteiger partial charge in [-0.15, -0.1) is 0 Å². The van der Waals surface area contributed by atoms with Crippen LogP contribution >= 0.6 is 0 Å². The van der Waals surface area contributed by atoms with Gasteiger partial charge >= 0.3 is 0 Å². The van der Waals surface area contributed by atoms with Crippen molar-refractivity contribution in [3.8, 4) is 23.0 Å². The molecule has 4 rings (SSSR count). The lowest BCUT2D eigenvalue weighted by Gasteiger charge is -2.32. The van der Waals surface area contributed by atoms with Crippen LogP contribution in [0.4, 0.5) is 10.1 Å². The molecule has 1 fully saturated rings. The average Bonchev–Trinajstić information content (AvgIpc) is 2.83. The molecule has 0 atom stereocenters. The van der Waals surface area contributed by atoms with Crippen LogP contribution in [0.3, 0.4) is 0 Å². The SMILES string of the molecule is COc1cc2c(Oc3ccc([N+](=O)[O-])cc3F)ccnc2cc1OCCCN1CCN(C)CC1. The van der Waals surface area contributed by atoms with E-state index in [-0.39, 0.29) is 11.4 Å². The van der Waals surface area contributed by atoms with Crippen molar-refractivity contribution in [3.05, 3.63) is 58.5 Å². The van der Waals surface area contributed by atoms with Crippen molar-refractivity contribution in [2.24, 2.45) is 0 Å². The zero-order valence-corrected chi connectivity index (χ0v) is 19.2. The molecule has 1 aliphatic heterocycles. The summed E-state index contributed by atoms with van der Waals surface area (Å²) in [7, 11) is 3.69. The molecule has 3 aromatic rings. The topological polar surface area (TPSA) is 90.2 Å². The summed E-state index contributed by atoms with van der Waals surface area (Å²) in [4.78, 5) is 19.3. The number of halogens is 1. The molecule has 0 saturated carbocycles. The molecule has 2 aromatic carbocycles. The Morgan fingerprint density at radius 1 is 1.06 bits per heavy atom. The maximum atomic E-state index is 14.3. The number of piperazine rings is 1. The molecule has 9 nitrogen and oxygen atoms in total. The van der Waals surface area contributed by atoms with Crippen LogP contribution in [0.5, 0.6) is 23.0 Å². The van der Waals surface area contributed by atoms with Crippen LogP contribution in [0.15, 0.2) is 42.6 Å². The Labute approximate surface area is 196 Å². The molecular formula is C24H27FN4O5. The van der Waals surface area contributed by atoms with E-state index < -0.39 is 10.7 Å². The van der Waals surface area contributed by atoms with E-state index in [0.717, 1.165) is 45.2 Å². The van der Waals surface area contributed by atoms with E-state index in [2.05, 4.69) is 21.8 Å². The number of benzene rings is 2. The Kier molecular flexibility index (Phi) is 7.39. The highest BCUT2D eigenvalue weighted by molar-refractivity contribution is 5.88. The van der Waals surface area contributed by atoms with Crippen LogP contribution in [0.2, 0.25) is 0 Å². The van der Waals surface area contributed by atoms with Gasteiger partial charge in [0.05, 0.1) is 30.2 Å². The molecule has 0 bridgehead atoms. The van der Waals surface area contributed by atoms with E-state index in [9.17, 15) is 14.5 Å². The third-order valence-corrected chi connectivity index (χ3v) is 5.81. The molecule has 34 heavy (non-hydrogen) atoms. The maximum absolute atomic E-state index is 14.3. The van der Waals surface area contributed by atoms with Crippen LogP contribution in [0, 0.1) is 15.9 Å². The number of hydrogen-bond donors (Lipinski definition) is 0. The maximum Gasteiger partial charge on any atom is 0.272 e. The van der Waals surface area contributed by atoms with Crippen LogP contribution in [-0.2, 0) is 0 Å². The van der Waals surface area contributed by atoms with E-state index >= 15 is 0 Å². The highest BCUT2D eigenvalue weighted by Gasteiger charge is 2.16. The van der Waals surface area contributed by atoms with Gasteiger partial charge < -0.3 is 24.0 Å². The normalized spacial score (nSPS) is 14.8. The molecule has 0 amide bonds. The summed E-state index contributed by atoms with van der Waals surface area (Å²) >= 11 is 0. The molecule has 180 valence electrons. The molecule has 2 heterocycles. The Hall–Kier alpha value is -3.50. The number of rotatable bonds is 9. The predicted molar refractivity (Wildman–Crippen MR) is 125 cm³/mol. The Balaban J connectivity index is 1.47. The minimum atomic E-state index is -0.827. The van der Waals surface area contributed by atoms with Crippen molar-refractivity contribution in [2.45, 2.75) is 6.42 Å². The smallest absolute Gasteiger partial charge is 0.272 e. The number of nitrogens with zero attached hydrogens (tertiary/aromatic N) is 4. The monoisotopic (exact) mass is 470 g/mol. The van der Waals surface area contributed by atoms with Crippen LogP contribution in [-0.4, -0.2) is 73.2 Å². The molecule has 0 N–H and O–H groups in total. The number of methoxy groups -OCH3 is 1. The van der Waals surface area contributed by atoms with Gasteiger partial charge in [-0.1, -0.05) is 0 Å². The van der Waals surface area contributed by atoms with Gasteiger partial charge in [-0.2, -0.15) is 0 Å². The van der Waals surface area contributed by atoms with Crippen molar-refractivity contribution >= 4 is 16.6 Å².